The van der Waals surface area contributed by atoms with Crippen molar-refractivity contribution in [2.24, 2.45) is 0 Å². The number of halogens is 2. The summed E-state index contributed by atoms with van der Waals surface area (Å²) in [7, 11) is 0. The highest BCUT2D eigenvalue weighted by Gasteiger charge is 2.44. The molecule has 4 rings (SSSR count). The third-order valence-electron chi connectivity index (χ3n) is 4.86. The zero-order valence-corrected chi connectivity index (χ0v) is 12.8. The molecule has 2 atom stereocenters. The highest BCUT2D eigenvalue weighted by molar-refractivity contribution is 5.83. The van der Waals surface area contributed by atoms with Crippen LogP contribution in [0.1, 0.15) is 25.3 Å². The first kappa shape index (κ1) is 14.7. The third-order valence-corrected chi connectivity index (χ3v) is 4.86. The summed E-state index contributed by atoms with van der Waals surface area (Å²) in [5, 5.41) is 0. The Labute approximate surface area is 132 Å². The number of alkyl halides is 2. The fourth-order valence-corrected chi connectivity index (χ4v) is 3.67. The summed E-state index contributed by atoms with van der Waals surface area (Å²) in [4.78, 5) is 16.5. The average Bonchev–Trinajstić information content (AvgIpc) is 3.06. The van der Waals surface area contributed by atoms with Crippen LogP contribution in [0.2, 0.25) is 0 Å². The minimum Gasteiger partial charge on any atom is -0.395 e. The summed E-state index contributed by atoms with van der Waals surface area (Å²) in [6.07, 6.45) is -1.52. The van der Waals surface area contributed by atoms with Gasteiger partial charge in [-0.3, -0.25) is 9.69 Å². The van der Waals surface area contributed by atoms with Crippen LogP contribution in [0.5, 0.6) is 11.5 Å². The van der Waals surface area contributed by atoms with E-state index in [4.69, 9.17) is 0 Å². The lowest BCUT2D eigenvalue weighted by Crippen LogP contribution is -2.58. The van der Waals surface area contributed by atoms with E-state index in [9.17, 15) is 13.6 Å². The summed E-state index contributed by atoms with van der Waals surface area (Å²) in [5.74, 6) is 0.250. The predicted molar refractivity (Wildman–Crippen MR) is 77.3 cm³/mol. The fourth-order valence-electron chi connectivity index (χ4n) is 3.67. The highest BCUT2D eigenvalue weighted by atomic mass is 19.3. The van der Waals surface area contributed by atoms with E-state index in [0.717, 1.165) is 31.5 Å². The number of ether oxygens (including phenoxy) is 2. The van der Waals surface area contributed by atoms with E-state index in [1.807, 2.05) is 11.8 Å². The van der Waals surface area contributed by atoms with E-state index in [1.54, 1.807) is 12.1 Å². The summed E-state index contributed by atoms with van der Waals surface area (Å²) in [6.45, 7) is 4.09. The zero-order valence-electron chi connectivity index (χ0n) is 12.8. The molecule has 0 aromatic heterocycles. The molecule has 0 radical (unpaired) electrons. The van der Waals surface area contributed by atoms with Gasteiger partial charge >= 0.3 is 6.29 Å². The van der Waals surface area contributed by atoms with Gasteiger partial charge in [0, 0.05) is 25.7 Å². The third kappa shape index (κ3) is 2.52. The number of fused-ring (bicyclic) bond motifs is 2. The number of amides is 1. The molecule has 0 bridgehead atoms. The Balaban J connectivity index is 1.51. The molecule has 0 N–H and O–H groups in total. The molecule has 0 spiro atoms. The van der Waals surface area contributed by atoms with Gasteiger partial charge < -0.3 is 14.4 Å². The maximum absolute atomic E-state index is 13.1. The first-order valence-corrected chi connectivity index (χ1v) is 7.86. The van der Waals surface area contributed by atoms with Gasteiger partial charge in [0.15, 0.2) is 11.5 Å². The van der Waals surface area contributed by atoms with Crippen LogP contribution in [0.25, 0.3) is 0 Å². The van der Waals surface area contributed by atoms with E-state index in [2.05, 4.69) is 14.4 Å². The minimum atomic E-state index is -3.60. The van der Waals surface area contributed by atoms with Crippen molar-refractivity contribution in [2.45, 2.75) is 44.7 Å². The maximum atomic E-state index is 13.1. The van der Waals surface area contributed by atoms with Gasteiger partial charge in [-0.15, -0.1) is 8.78 Å². The van der Waals surface area contributed by atoms with Gasteiger partial charge in [0.2, 0.25) is 5.91 Å². The smallest absolute Gasteiger partial charge is 0.395 e. The summed E-state index contributed by atoms with van der Waals surface area (Å²) >= 11 is 0. The number of rotatable bonds is 2. The molecule has 1 amide bonds. The van der Waals surface area contributed by atoms with Crippen LogP contribution in [-0.4, -0.2) is 47.2 Å². The van der Waals surface area contributed by atoms with Crippen LogP contribution in [-0.2, 0) is 11.3 Å². The van der Waals surface area contributed by atoms with Crippen molar-refractivity contribution in [3.8, 4) is 11.5 Å². The lowest BCUT2D eigenvalue weighted by atomic mass is 10.1. The molecule has 2 fully saturated rings. The molecule has 3 aliphatic rings. The number of piperazine rings is 1. The lowest BCUT2D eigenvalue weighted by Gasteiger charge is -2.41. The van der Waals surface area contributed by atoms with E-state index in [1.165, 1.54) is 6.07 Å². The van der Waals surface area contributed by atoms with Gasteiger partial charge in [0.25, 0.3) is 0 Å². The SMILES string of the molecule is C[C@H]1C(=O)N2CCC[C@H]2CN1Cc1ccc2c(c1)OC(F)(F)O2. The Morgan fingerprint density at radius 2 is 2.09 bits per heavy atom. The van der Waals surface area contributed by atoms with Gasteiger partial charge in [0.05, 0.1) is 6.04 Å². The first-order valence-electron chi connectivity index (χ1n) is 7.86. The van der Waals surface area contributed by atoms with Crippen LogP contribution >= 0.6 is 0 Å². The Morgan fingerprint density at radius 3 is 2.91 bits per heavy atom. The largest absolute Gasteiger partial charge is 0.586 e. The van der Waals surface area contributed by atoms with Crippen LogP contribution in [0.4, 0.5) is 8.78 Å². The number of carbonyl (C=O) groups is 1. The van der Waals surface area contributed by atoms with Gasteiger partial charge in [-0.25, -0.2) is 0 Å². The normalized spacial score (nSPS) is 29.0. The van der Waals surface area contributed by atoms with Crippen molar-refractivity contribution in [1.29, 1.82) is 0 Å². The van der Waals surface area contributed by atoms with Crippen LogP contribution in [0, 0.1) is 0 Å². The van der Waals surface area contributed by atoms with E-state index < -0.39 is 6.29 Å². The molecule has 0 aliphatic carbocycles. The Morgan fingerprint density at radius 1 is 1.30 bits per heavy atom. The summed E-state index contributed by atoms with van der Waals surface area (Å²) in [5.41, 5.74) is 0.830. The molecule has 7 heteroatoms. The topological polar surface area (TPSA) is 42.0 Å². The monoisotopic (exact) mass is 324 g/mol. The number of hydrogen-bond acceptors (Lipinski definition) is 4. The minimum absolute atomic E-state index is 0.0449. The number of benzene rings is 1. The second kappa shape index (κ2) is 5.06. The van der Waals surface area contributed by atoms with Crippen molar-refractivity contribution in [2.75, 3.05) is 13.1 Å². The number of carbonyl (C=O) groups excluding carboxylic acids is 1. The van der Waals surface area contributed by atoms with Crippen molar-refractivity contribution < 1.29 is 23.0 Å². The van der Waals surface area contributed by atoms with Crippen molar-refractivity contribution >= 4 is 5.91 Å². The Hall–Kier alpha value is -1.89. The van der Waals surface area contributed by atoms with Gasteiger partial charge in [-0.2, -0.15) is 0 Å². The van der Waals surface area contributed by atoms with Crippen molar-refractivity contribution in [1.82, 2.24) is 9.80 Å². The molecule has 124 valence electrons. The maximum Gasteiger partial charge on any atom is 0.586 e. The molecular weight excluding hydrogens is 306 g/mol. The van der Waals surface area contributed by atoms with E-state index in [0.29, 0.717) is 6.54 Å². The van der Waals surface area contributed by atoms with Crippen LogP contribution < -0.4 is 9.47 Å². The lowest BCUT2D eigenvalue weighted by molar-refractivity contribution is -0.286. The molecule has 2 saturated heterocycles. The molecule has 3 aliphatic heterocycles. The molecular formula is C16H18F2N2O3. The number of hydrogen-bond donors (Lipinski definition) is 0. The van der Waals surface area contributed by atoms with Gasteiger partial charge in [0.1, 0.15) is 0 Å². The molecule has 5 nitrogen and oxygen atoms in total. The first-order chi connectivity index (χ1) is 10.9. The van der Waals surface area contributed by atoms with E-state index in [-0.39, 0.29) is 29.5 Å². The van der Waals surface area contributed by atoms with Gasteiger partial charge in [-0.1, -0.05) is 6.07 Å². The molecule has 0 saturated carbocycles. The average molecular weight is 324 g/mol. The van der Waals surface area contributed by atoms with E-state index >= 15 is 0 Å². The van der Waals surface area contributed by atoms with Crippen LogP contribution in [0.3, 0.4) is 0 Å². The summed E-state index contributed by atoms with van der Waals surface area (Å²) < 4.78 is 35.1. The Kier molecular flexibility index (Phi) is 3.23. The Bertz CT molecular complexity index is 652. The molecule has 3 heterocycles. The fraction of sp³-hybridized carbons (Fsp3) is 0.562. The molecule has 23 heavy (non-hydrogen) atoms. The molecule has 1 aromatic rings. The van der Waals surface area contributed by atoms with Crippen molar-refractivity contribution in [3.05, 3.63) is 23.8 Å². The van der Waals surface area contributed by atoms with Gasteiger partial charge in [-0.05, 0) is 37.5 Å². The zero-order chi connectivity index (χ0) is 16.2. The predicted octanol–water partition coefficient (Wildman–Crippen LogP) is 2.20. The standard InChI is InChI=1S/C16H18F2N2O3/c1-10-15(21)20-6-2-3-12(20)9-19(10)8-11-4-5-13-14(7-11)23-16(17,18)22-13/h4-5,7,10,12H,2-3,6,8-9H2,1H3/t10-,12-/m0/s1. The van der Waals surface area contributed by atoms with Crippen molar-refractivity contribution in [3.63, 3.8) is 0 Å². The molecule has 0 unspecified atom stereocenters. The summed E-state index contributed by atoms with van der Waals surface area (Å²) in [6, 6.07) is 4.87. The highest BCUT2D eigenvalue weighted by Crippen LogP contribution is 2.41. The quantitative estimate of drug-likeness (QED) is 0.836. The number of nitrogens with zero attached hydrogens (tertiary/aromatic N) is 2. The molecule has 1 aromatic carbocycles. The second-order valence-electron chi connectivity index (χ2n) is 6.38. The second-order valence-corrected chi connectivity index (χ2v) is 6.38. The van der Waals surface area contributed by atoms with Crippen LogP contribution in [0.15, 0.2) is 18.2 Å².